The Hall–Kier alpha value is -2.13. The van der Waals surface area contributed by atoms with Crippen LogP contribution in [0.2, 0.25) is 0 Å². The molecule has 0 aliphatic carbocycles. The van der Waals surface area contributed by atoms with E-state index in [1.165, 1.54) is 6.42 Å². The third-order valence-electron chi connectivity index (χ3n) is 4.79. The number of ether oxygens (including phenoxy) is 1. The zero-order chi connectivity index (χ0) is 16.8. The fraction of sp³-hybridized carbons (Fsp3) is 0.381. The highest BCUT2D eigenvalue weighted by Crippen LogP contribution is 2.28. The van der Waals surface area contributed by atoms with Crippen LogP contribution < -0.4 is 0 Å². The van der Waals surface area contributed by atoms with Crippen molar-refractivity contribution >= 4 is 5.91 Å². The summed E-state index contributed by atoms with van der Waals surface area (Å²) in [5.74, 6) is 0.148. The molecule has 126 valence electrons. The third-order valence-corrected chi connectivity index (χ3v) is 4.79. The van der Waals surface area contributed by atoms with E-state index in [1.54, 1.807) is 7.11 Å². The Kier molecular flexibility index (Phi) is 5.65. The Morgan fingerprint density at radius 3 is 2.62 bits per heavy atom. The molecule has 3 nitrogen and oxygen atoms in total. The van der Waals surface area contributed by atoms with Gasteiger partial charge in [-0.1, -0.05) is 48.5 Å². The van der Waals surface area contributed by atoms with Gasteiger partial charge in [-0.05, 0) is 42.9 Å². The van der Waals surface area contributed by atoms with Crippen LogP contribution >= 0.6 is 0 Å². The van der Waals surface area contributed by atoms with Gasteiger partial charge in [-0.2, -0.15) is 0 Å². The van der Waals surface area contributed by atoms with Gasteiger partial charge in [0.1, 0.15) is 0 Å². The monoisotopic (exact) mass is 323 g/mol. The SMILES string of the molecule is COCC[C@@H]1CCCCN1C(=O)c1ccccc1-c1ccccc1. The summed E-state index contributed by atoms with van der Waals surface area (Å²) >= 11 is 0. The standard InChI is InChI=1S/C21H25NO2/c1-24-16-14-18-11-7-8-15-22(18)21(23)20-13-6-5-12-19(20)17-9-3-2-4-10-17/h2-6,9-10,12-13,18H,7-8,11,14-16H2,1H3/t18-/m0/s1. The van der Waals surface area contributed by atoms with Crippen LogP contribution in [0.15, 0.2) is 54.6 Å². The van der Waals surface area contributed by atoms with Gasteiger partial charge in [-0.25, -0.2) is 0 Å². The molecular weight excluding hydrogens is 298 g/mol. The van der Waals surface area contributed by atoms with Gasteiger partial charge in [0.05, 0.1) is 0 Å². The van der Waals surface area contributed by atoms with Crippen LogP contribution in [0.3, 0.4) is 0 Å². The molecule has 1 aliphatic rings. The average Bonchev–Trinajstić information content (AvgIpc) is 2.67. The molecule has 1 atom stereocenters. The minimum Gasteiger partial charge on any atom is -0.385 e. The van der Waals surface area contributed by atoms with E-state index in [2.05, 4.69) is 17.0 Å². The second-order valence-corrected chi connectivity index (χ2v) is 6.34. The van der Waals surface area contributed by atoms with Crippen molar-refractivity contribution in [1.29, 1.82) is 0 Å². The van der Waals surface area contributed by atoms with E-state index in [0.717, 1.165) is 42.5 Å². The van der Waals surface area contributed by atoms with Crippen LogP contribution in [0.4, 0.5) is 0 Å². The normalized spacial score (nSPS) is 17.7. The van der Waals surface area contributed by atoms with Crippen molar-refractivity contribution in [2.24, 2.45) is 0 Å². The molecule has 1 heterocycles. The minimum absolute atomic E-state index is 0.148. The molecule has 0 aromatic heterocycles. The summed E-state index contributed by atoms with van der Waals surface area (Å²) in [6, 6.07) is 18.4. The lowest BCUT2D eigenvalue weighted by molar-refractivity contribution is 0.0554. The topological polar surface area (TPSA) is 29.5 Å². The van der Waals surface area contributed by atoms with Gasteiger partial charge in [-0.15, -0.1) is 0 Å². The van der Waals surface area contributed by atoms with Crippen LogP contribution in [0.1, 0.15) is 36.0 Å². The molecule has 0 saturated carbocycles. The molecule has 0 radical (unpaired) electrons. The van der Waals surface area contributed by atoms with E-state index in [9.17, 15) is 4.79 Å². The maximum absolute atomic E-state index is 13.3. The summed E-state index contributed by atoms with van der Waals surface area (Å²) in [5, 5.41) is 0. The van der Waals surface area contributed by atoms with Crippen molar-refractivity contribution in [3.63, 3.8) is 0 Å². The zero-order valence-corrected chi connectivity index (χ0v) is 14.3. The summed E-state index contributed by atoms with van der Waals surface area (Å²) in [5.41, 5.74) is 2.90. The van der Waals surface area contributed by atoms with E-state index in [4.69, 9.17) is 4.74 Å². The van der Waals surface area contributed by atoms with E-state index >= 15 is 0 Å². The van der Waals surface area contributed by atoms with Crippen LogP contribution in [-0.4, -0.2) is 37.1 Å². The number of carbonyl (C=O) groups excluding carboxylic acids is 1. The maximum atomic E-state index is 13.3. The van der Waals surface area contributed by atoms with Crippen LogP contribution in [-0.2, 0) is 4.74 Å². The largest absolute Gasteiger partial charge is 0.385 e. The first-order chi connectivity index (χ1) is 11.8. The number of likely N-dealkylation sites (tertiary alicyclic amines) is 1. The Morgan fingerprint density at radius 1 is 1.08 bits per heavy atom. The van der Waals surface area contributed by atoms with Crippen molar-refractivity contribution in [3.05, 3.63) is 60.2 Å². The number of amides is 1. The molecule has 3 rings (SSSR count). The Labute approximate surface area is 144 Å². The first kappa shape index (κ1) is 16.7. The van der Waals surface area contributed by atoms with E-state index < -0.39 is 0 Å². The van der Waals surface area contributed by atoms with Gasteiger partial charge in [0.25, 0.3) is 5.91 Å². The van der Waals surface area contributed by atoms with Gasteiger partial charge < -0.3 is 9.64 Å². The highest BCUT2D eigenvalue weighted by atomic mass is 16.5. The van der Waals surface area contributed by atoms with E-state index in [1.807, 2.05) is 42.5 Å². The predicted octanol–water partition coefficient (Wildman–Crippen LogP) is 4.38. The molecule has 3 heteroatoms. The molecular formula is C21H25NO2. The summed E-state index contributed by atoms with van der Waals surface area (Å²) in [4.78, 5) is 15.3. The quantitative estimate of drug-likeness (QED) is 0.817. The molecule has 0 N–H and O–H groups in total. The molecule has 1 amide bonds. The van der Waals surface area contributed by atoms with Gasteiger partial charge in [0.2, 0.25) is 0 Å². The first-order valence-electron chi connectivity index (χ1n) is 8.75. The fourth-order valence-electron chi connectivity index (χ4n) is 3.52. The molecule has 1 saturated heterocycles. The zero-order valence-electron chi connectivity index (χ0n) is 14.3. The lowest BCUT2D eigenvalue weighted by atomic mass is 9.95. The third kappa shape index (κ3) is 3.68. The number of rotatable bonds is 5. The summed E-state index contributed by atoms with van der Waals surface area (Å²) < 4.78 is 5.23. The number of hydrogen-bond donors (Lipinski definition) is 0. The summed E-state index contributed by atoms with van der Waals surface area (Å²) in [6.07, 6.45) is 4.26. The summed E-state index contributed by atoms with van der Waals surface area (Å²) in [6.45, 7) is 1.55. The lowest BCUT2D eigenvalue weighted by Crippen LogP contribution is -2.44. The average molecular weight is 323 g/mol. The van der Waals surface area contributed by atoms with Gasteiger partial charge in [-0.3, -0.25) is 4.79 Å². The lowest BCUT2D eigenvalue weighted by Gasteiger charge is -2.36. The highest BCUT2D eigenvalue weighted by Gasteiger charge is 2.28. The van der Waals surface area contributed by atoms with Crippen LogP contribution in [0, 0.1) is 0 Å². The van der Waals surface area contributed by atoms with Gasteiger partial charge in [0, 0.05) is 31.9 Å². The number of piperidine rings is 1. The van der Waals surface area contributed by atoms with E-state index in [-0.39, 0.29) is 11.9 Å². The molecule has 0 unspecified atom stereocenters. The molecule has 1 fully saturated rings. The van der Waals surface area contributed by atoms with E-state index in [0.29, 0.717) is 6.61 Å². The van der Waals surface area contributed by atoms with Crippen LogP contribution in [0.25, 0.3) is 11.1 Å². The Bertz CT molecular complexity index is 669. The smallest absolute Gasteiger partial charge is 0.254 e. The van der Waals surface area contributed by atoms with Crippen molar-refractivity contribution < 1.29 is 9.53 Å². The van der Waals surface area contributed by atoms with Crippen LogP contribution in [0.5, 0.6) is 0 Å². The number of hydrogen-bond acceptors (Lipinski definition) is 2. The Balaban J connectivity index is 1.89. The van der Waals surface area contributed by atoms with Crippen molar-refractivity contribution in [2.75, 3.05) is 20.3 Å². The molecule has 0 spiro atoms. The first-order valence-corrected chi connectivity index (χ1v) is 8.75. The fourth-order valence-corrected chi connectivity index (χ4v) is 3.52. The second-order valence-electron chi connectivity index (χ2n) is 6.34. The predicted molar refractivity (Wildman–Crippen MR) is 97.0 cm³/mol. The number of methoxy groups -OCH3 is 1. The van der Waals surface area contributed by atoms with Crippen molar-refractivity contribution in [1.82, 2.24) is 4.90 Å². The molecule has 24 heavy (non-hydrogen) atoms. The summed E-state index contributed by atoms with van der Waals surface area (Å²) in [7, 11) is 1.72. The maximum Gasteiger partial charge on any atom is 0.254 e. The second kappa shape index (κ2) is 8.11. The number of nitrogens with zero attached hydrogens (tertiary/aromatic N) is 1. The minimum atomic E-state index is 0.148. The van der Waals surface area contributed by atoms with Crippen molar-refractivity contribution in [3.8, 4) is 11.1 Å². The molecule has 2 aromatic carbocycles. The van der Waals surface area contributed by atoms with Gasteiger partial charge >= 0.3 is 0 Å². The molecule has 2 aromatic rings. The molecule has 0 bridgehead atoms. The van der Waals surface area contributed by atoms with Crippen molar-refractivity contribution in [2.45, 2.75) is 31.7 Å². The highest BCUT2D eigenvalue weighted by molar-refractivity contribution is 6.01. The van der Waals surface area contributed by atoms with Gasteiger partial charge in [0.15, 0.2) is 0 Å². The Morgan fingerprint density at radius 2 is 1.83 bits per heavy atom. The molecule has 1 aliphatic heterocycles. The number of benzene rings is 2. The number of carbonyl (C=O) groups is 1.